The minimum Gasteiger partial charge on any atom is -0.354 e. The Morgan fingerprint density at radius 3 is 2.50 bits per heavy atom. The lowest BCUT2D eigenvalue weighted by molar-refractivity contribution is -0.121. The van der Waals surface area contributed by atoms with Crippen molar-refractivity contribution in [2.24, 2.45) is 0 Å². The number of benzene rings is 2. The first-order chi connectivity index (χ1) is 11.5. The van der Waals surface area contributed by atoms with Gasteiger partial charge in [-0.3, -0.25) is 9.69 Å². The van der Waals surface area contributed by atoms with Crippen molar-refractivity contribution in [1.29, 1.82) is 0 Å². The van der Waals surface area contributed by atoms with Crippen LogP contribution in [0.15, 0.2) is 42.5 Å². The number of hydrogen-bond acceptors (Lipinski definition) is 2. The average Bonchev–Trinajstić information content (AvgIpc) is 2.61. The molecular formula is C21H28N2O. The molecule has 0 saturated carbocycles. The van der Waals surface area contributed by atoms with Crippen molar-refractivity contribution in [3.63, 3.8) is 0 Å². The third-order valence-electron chi connectivity index (χ3n) is 5.11. The van der Waals surface area contributed by atoms with Gasteiger partial charge in [0.05, 0.1) is 6.42 Å². The Labute approximate surface area is 145 Å². The summed E-state index contributed by atoms with van der Waals surface area (Å²) in [4.78, 5) is 14.9. The van der Waals surface area contributed by atoms with Crippen LogP contribution >= 0.6 is 0 Å². The van der Waals surface area contributed by atoms with Gasteiger partial charge in [0.25, 0.3) is 0 Å². The summed E-state index contributed by atoms with van der Waals surface area (Å²) in [6.07, 6.45) is 4.32. The normalized spacial score (nSPS) is 16.2. The minimum atomic E-state index is 0.0272. The summed E-state index contributed by atoms with van der Waals surface area (Å²) in [5.74, 6) is 0.107. The molecule has 1 aliphatic rings. The van der Waals surface area contributed by atoms with Gasteiger partial charge < -0.3 is 5.32 Å². The van der Waals surface area contributed by atoms with E-state index in [9.17, 15) is 4.79 Å². The zero-order valence-corrected chi connectivity index (χ0v) is 14.8. The number of amides is 1. The molecule has 0 unspecified atom stereocenters. The molecule has 0 atom stereocenters. The average molecular weight is 324 g/mol. The first kappa shape index (κ1) is 17.0. The van der Waals surface area contributed by atoms with Crippen LogP contribution in [0.25, 0.3) is 10.8 Å². The van der Waals surface area contributed by atoms with Crippen molar-refractivity contribution in [2.45, 2.75) is 45.1 Å². The quantitative estimate of drug-likeness (QED) is 0.908. The number of fused-ring (bicyclic) bond motifs is 1. The molecule has 1 amide bonds. The fourth-order valence-electron chi connectivity index (χ4n) is 3.52. The van der Waals surface area contributed by atoms with E-state index >= 15 is 0 Å². The van der Waals surface area contributed by atoms with Gasteiger partial charge in [-0.05, 0) is 56.1 Å². The number of likely N-dealkylation sites (tertiary alicyclic amines) is 1. The largest absolute Gasteiger partial charge is 0.354 e. The number of nitrogens with one attached hydrogen (secondary N) is 1. The number of hydrogen-bond donors (Lipinski definition) is 1. The fraction of sp³-hybridized carbons (Fsp3) is 0.476. The molecule has 1 N–H and O–H groups in total. The highest BCUT2D eigenvalue weighted by Gasteiger charge is 2.28. The number of nitrogens with zero attached hydrogens (tertiary/aromatic N) is 1. The van der Waals surface area contributed by atoms with Crippen molar-refractivity contribution < 1.29 is 4.79 Å². The van der Waals surface area contributed by atoms with Gasteiger partial charge in [0.15, 0.2) is 0 Å². The number of carbonyl (C=O) groups is 1. The Morgan fingerprint density at radius 1 is 1.04 bits per heavy atom. The van der Waals surface area contributed by atoms with E-state index in [4.69, 9.17) is 0 Å². The van der Waals surface area contributed by atoms with Crippen LogP contribution in [0.3, 0.4) is 0 Å². The molecule has 0 aliphatic carbocycles. The molecule has 0 spiro atoms. The maximum absolute atomic E-state index is 12.3. The molecule has 24 heavy (non-hydrogen) atoms. The van der Waals surface area contributed by atoms with Gasteiger partial charge in [-0.15, -0.1) is 0 Å². The summed E-state index contributed by atoms with van der Waals surface area (Å²) in [6, 6.07) is 14.5. The van der Waals surface area contributed by atoms with E-state index in [1.807, 2.05) is 12.1 Å². The van der Waals surface area contributed by atoms with Crippen molar-refractivity contribution in [3.05, 3.63) is 48.0 Å². The van der Waals surface area contributed by atoms with Crippen LogP contribution in [0, 0.1) is 0 Å². The fourth-order valence-corrected chi connectivity index (χ4v) is 3.52. The van der Waals surface area contributed by atoms with Crippen LogP contribution in [0.1, 0.15) is 38.7 Å². The summed E-state index contributed by atoms with van der Waals surface area (Å²) in [6.45, 7) is 7.46. The van der Waals surface area contributed by atoms with Crippen molar-refractivity contribution >= 4 is 16.7 Å². The number of carbonyl (C=O) groups excluding carboxylic acids is 1. The molecule has 0 bridgehead atoms. The van der Waals surface area contributed by atoms with Crippen LogP contribution in [0.4, 0.5) is 0 Å². The molecule has 1 aliphatic heterocycles. The van der Waals surface area contributed by atoms with Gasteiger partial charge in [0.2, 0.25) is 5.91 Å². The van der Waals surface area contributed by atoms with Crippen LogP contribution in [0.5, 0.6) is 0 Å². The molecule has 2 aromatic carbocycles. The van der Waals surface area contributed by atoms with Crippen LogP contribution in [0.2, 0.25) is 0 Å². The maximum atomic E-state index is 12.3. The second-order valence-corrected chi connectivity index (χ2v) is 7.50. The lowest BCUT2D eigenvalue weighted by Crippen LogP contribution is -2.53. The third-order valence-corrected chi connectivity index (χ3v) is 5.11. The van der Waals surface area contributed by atoms with Gasteiger partial charge in [0.1, 0.15) is 0 Å². The molecule has 1 saturated heterocycles. The predicted octanol–water partition coefficient (Wildman–Crippen LogP) is 3.76. The number of piperidine rings is 1. The Hall–Kier alpha value is -1.87. The smallest absolute Gasteiger partial charge is 0.224 e. The second kappa shape index (κ2) is 7.35. The Morgan fingerprint density at radius 2 is 1.75 bits per heavy atom. The third kappa shape index (κ3) is 4.15. The first-order valence-electron chi connectivity index (χ1n) is 9.04. The molecule has 3 heteroatoms. The topological polar surface area (TPSA) is 32.3 Å². The molecule has 128 valence electrons. The van der Waals surface area contributed by atoms with E-state index in [1.165, 1.54) is 30.0 Å². The van der Waals surface area contributed by atoms with Crippen molar-refractivity contribution in [2.75, 3.05) is 19.6 Å². The van der Waals surface area contributed by atoms with Gasteiger partial charge in [-0.25, -0.2) is 0 Å². The SMILES string of the molecule is CC(C)(CNC(=O)Cc1ccc2ccccc2c1)N1CCCCC1. The Kier molecular flexibility index (Phi) is 5.20. The van der Waals surface area contributed by atoms with E-state index < -0.39 is 0 Å². The van der Waals surface area contributed by atoms with Gasteiger partial charge in [-0.2, -0.15) is 0 Å². The molecule has 0 radical (unpaired) electrons. The van der Waals surface area contributed by atoms with E-state index in [1.54, 1.807) is 0 Å². The standard InChI is InChI=1S/C21H28N2O/c1-21(2,23-12-6-3-7-13-23)16-22-20(24)15-17-10-11-18-8-4-5-9-19(18)14-17/h4-5,8-11,14H,3,6-7,12-13,15-16H2,1-2H3,(H,22,24). The molecule has 2 aromatic rings. The maximum Gasteiger partial charge on any atom is 0.224 e. The first-order valence-corrected chi connectivity index (χ1v) is 9.04. The van der Waals surface area contributed by atoms with Crippen LogP contribution in [-0.2, 0) is 11.2 Å². The molecule has 1 heterocycles. The van der Waals surface area contributed by atoms with E-state index in [0.717, 1.165) is 18.7 Å². The van der Waals surface area contributed by atoms with Gasteiger partial charge in [-0.1, -0.05) is 48.9 Å². The Bertz CT molecular complexity index is 702. The van der Waals surface area contributed by atoms with Crippen molar-refractivity contribution in [1.82, 2.24) is 10.2 Å². The summed E-state index contributed by atoms with van der Waals surface area (Å²) in [5.41, 5.74) is 1.10. The molecule has 3 rings (SSSR count). The van der Waals surface area contributed by atoms with E-state index in [2.05, 4.69) is 54.4 Å². The second-order valence-electron chi connectivity index (χ2n) is 7.50. The molecule has 0 aromatic heterocycles. The van der Waals surface area contributed by atoms with E-state index in [-0.39, 0.29) is 11.4 Å². The molecule has 1 fully saturated rings. The highest BCUT2D eigenvalue weighted by Crippen LogP contribution is 2.20. The highest BCUT2D eigenvalue weighted by atomic mass is 16.1. The summed E-state index contributed by atoms with van der Waals surface area (Å²) in [7, 11) is 0. The molecule has 3 nitrogen and oxygen atoms in total. The highest BCUT2D eigenvalue weighted by molar-refractivity contribution is 5.85. The van der Waals surface area contributed by atoms with Gasteiger partial charge in [0, 0.05) is 12.1 Å². The predicted molar refractivity (Wildman–Crippen MR) is 100 cm³/mol. The lowest BCUT2D eigenvalue weighted by Gasteiger charge is -2.41. The van der Waals surface area contributed by atoms with Crippen LogP contribution in [-0.4, -0.2) is 36.0 Å². The summed E-state index contributed by atoms with van der Waals surface area (Å²) in [5, 5.41) is 5.54. The van der Waals surface area contributed by atoms with E-state index in [0.29, 0.717) is 13.0 Å². The monoisotopic (exact) mass is 324 g/mol. The molecular weight excluding hydrogens is 296 g/mol. The summed E-state index contributed by atoms with van der Waals surface area (Å²) >= 11 is 0. The summed E-state index contributed by atoms with van der Waals surface area (Å²) < 4.78 is 0. The minimum absolute atomic E-state index is 0.0272. The lowest BCUT2D eigenvalue weighted by atomic mass is 9.98. The van der Waals surface area contributed by atoms with Crippen LogP contribution < -0.4 is 5.32 Å². The van der Waals surface area contributed by atoms with Gasteiger partial charge >= 0.3 is 0 Å². The Balaban J connectivity index is 1.56. The zero-order chi connectivity index (χ0) is 17.0. The van der Waals surface area contributed by atoms with Crippen molar-refractivity contribution in [3.8, 4) is 0 Å². The zero-order valence-electron chi connectivity index (χ0n) is 14.8. The number of rotatable bonds is 5.